The van der Waals surface area contributed by atoms with Crippen LogP contribution in [0.15, 0.2) is 75.8 Å². The normalized spacial score (nSPS) is 14.1. The van der Waals surface area contributed by atoms with E-state index in [1.807, 2.05) is 68.3 Å². The van der Waals surface area contributed by atoms with Gasteiger partial charge in [-0.2, -0.15) is 0 Å². The third kappa shape index (κ3) is 3.96. The topological polar surface area (TPSA) is 3.24 Å². The summed E-state index contributed by atoms with van der Waals surface area (Å²) in [4.78, 5) is 1.91. The lowest BCUT2D eigenvalue weighted by molar-refractivity contribution is 0.586. The molecule has 0 aliphatic carbocycles. The van der Waals surface area contributed by atoms with Crippen LogP contribution in [0.2, 0.25) is 0 Å². The van der Waals surface area contributed by atoms with E-state index in [4.69, 9.17) is 0 Å². The lowest BCUT2D eigenvalue weighted by Gasteiger charge is -2.32. The van der Waals surface area contributed by atoms with Gasteiger partial charge in [0, 0.05) is 32.8 Å². The molecule has 130 valence electrons. The van der Waals surface area contributed by atoms with Gasteiger partial charge in [0.1, 0.15) is 5.82 Å². The fraction of sp³-hybridized carbons (Fsp3) is 0.143. The van der Waals surface area contributed by atoms with Crippen molar-refractivity contribution in [2.24, 2.45) is 0 Å². The van der Waals surface area contributed by atoms with Crippen LogP contribution in [-0.4, -0.2) is 11.9 Å². The van der Waals surface area contributed by atoms with Crippen LogP contribution >= 0.6 is 31.9 Å². The first-order chi connectivity index (χ1) is 12.0. The number of rotatable bonds is 2. The van der Waals surface area contributed by atoms with Gasteiger partial charge in [0.25, 0.3) is 0 Å². The molecule has 0 aromatic heterocycles. The number of nitrogens with zero attached hydrogens (tertiary/aromatic N) is 1. The molecule has 0 spiro atoms. The molecule has 25 heavy (non-hydrogen) atoms. The standard InChI is InChI=1S/C19H14Br2FN.C2H6/c1-12-16(21)11-14(13-7-4-3-5-8-13)19(23(12)2)18-15(20)9-6-10-17(18)22;1-2/h3-11H,1H2,2H3;1-2H3. The maximum Gasteiger partial charge on any atom is 0.133 e. The highest BCUT2D eigenvalue weighted by Gasteiger charge is 2.26. The van der Waals surface area contributed by atoms with Crippen molar-refractivity contribution in [3.63, 3.8) is 0 Å². The number of benzene rings is 2. The Hall–Kier alpha value is -1.65. The van der Waals surface area contributed by atoms with Crippen LogP contribution in [0.5, 0.6) is 0 Å². The van der Waals surface area contributed by atoms with Crippen LogP contribution in [-0.2, 0) is 0 Å². The fourth-order valence-electron chi connectivity index (χ4n) is 2.62. The van der Waals surface area contributed by atoms with Crippen LogP contribution < -0.4 is 0 Å². The number of halogens is 3. The molecule has 1 nitrogen and oxygen atoms in total. The molecular weight excluding hydrogens is 445 g/mol. The molecule has 0 N–H and O–H groups in total. The van der Waals surface area contributed by atoms with E-state index in [0.717, 1.165) is 27.0 Å². The summed E-state index contributed by atoms with van der Waals surface area (Å²) in [6.45, 7) is 8.08. The number of hydrogen-bond donors (Lipinski definition) is 0. The van der Waals surface area contributed by atoms with Crippen molar-refractivity contribution in [3.05, 3.63) is 92.8 Å². The zero-order valence-corrected chi connectivity index (χ0v) is 17.7. The first-order valence-electron chi connectivity index (χ1n) is 8.05. The van der Waals surface area contributed by atoms with Crippen molar-refractivity contribution in [3.8, 4) is 0 Å². The molecule has 0 amide bonds. The van der Waals surface area contributed by atoms with Crippen molar-refractivity contribution < 1.29 is 4.39 Å². The average molecular weight is 465 g/mol. The quantitative estimate of drug-likeness (QED) is 0.453. The van der Waals surface area contributed by atoms with E-state index < -0.39 is 0 Å². The van der Waals surface area contributed by atoms with Gasteiger partial charge in [-0.15, -0.1) is 0 Å². The van der Waals surface area contributed by atoms with Crippen LogP contribution in [0.1, 0.15) is 25.0 Å². The molecule has 0 fully saturated rings. The molecule has 0 saturated heterocycles. The zero-order valence-electron chi connectivity index (χ0n) is 14.5. The fourth-order valence-corrected chi connectivity index (χ4v) is 3.64. The molecule has 4 heteroatoms. The van der Waals surface area contributed by atoms with Gasteiger partial charge in [0.05, 0.1) is 5.70 Å². The SMILES string of the molecule is C=C1C(Br)=CC(c2ccccc2)=C(c2c(F)cccc2Br)N1C.CC. The van der Waals surface area contributed by atoms with Gasteiger partial charge >= 0.3 is 0 Å². The molecule has 0 bridgehead atoms. The van der Waals surface area contributed by atoms with E-state index in [-0.39, 0.29) is 5.82 Å². The van der Waals surface area contributed by atoms with Gasteiger partial charge in [-0.1, -0.05) is 56.8 Å². The van der Waals surface area contributed by atoms with E-state index in [1.54, 1.807) is 6.07 Å². The van der Waals surface area contributed by atoms with E-state index in [9.17, 15) is 4.39 Å². The molecule has 0 unspecified atom stereocenters. The second-order valence-corrected chi connectivity index (χ2v) is 6.93. The van der Waals surface area contributed by atoms with Crippen LogP contribution in [0.4, 0.5) is 4.39 Å². The summed E-state index contributed by atoms with van der Waals surface area (Å²) in [6, 6.07) is 15.0. The van der Waals surface area contributed by atoms with Crippen molar-refractivity contribution in [1.82, 2.24) is 4.90 Å². The smallest absolute Gasteiger partial charge is 0.133 e. The maximum atomic E-state index is 14.6. The Labute approximate surface area is 165 Å². The first-order valence-corrected chi connectivity index (χ1v) is 9.63. The Kier molecular flexibility index (Phi) is 6.79. The molecule has 3 rings (SSSR count). The number of hydrogen-bond acceptors (Lipinski definition) is 1. The predicted octanol–water partition coefficient (Wildman–Crippen LogP) is 7.22. The Morgan fingerprint density at radius 1 is 0.960 bits per heavy atom. The molecule has 1 aliphatic heterocycles. The van der Waals surface area contributed by atoms with Gasteiger partial charge in [-0.3, -0.25) is 0 Å². The number of allylic oxidation sites excluding steroid dienone is 3. The first kappa shape index (κ1) is 19.7. The summed E-state index contributed by atoms with van der Waals surface area (Å²) < 4.78 is 16.2. The van der Waals surface area contributed by atoms with Crippen molar-refractivity contribution in [1.29, 1.82) is 0 Å². The van der Waals surface area contributed by atoms with Crippen molar-refractivity contribution in [2.75, 3.05) is 7.05 Å². The zero-order chi connectivity index (χ0) is 18.6. The van der Waals surface area contributed by atoms with Gasteiger partial charge in [-0.05, 0) is 55.6 Å². The molecule has 2 aromatic rings. The average Bonchev–Trinajstić information content (AvgIpc) is 2.63. The van der Waals surface area contributed by atoms with E-state index in [0.29, 0.717) is 10.0 Å². The molecular formula is C21H20Br2FN. The molecule has 2 aromatic carbocycles. The summed E-state index contributed by atoms with van der Waals surface area (Å²) >= 11 is 7.03. The van der Waals surface area contributed by atoms with Gasteiger partial charge in [0.15, 0.2) is 0 Å². The van der Waals surface area contributed by atoms with E-state index >= 15 is 0 Å². The summed E-state index contributed by atoms with van der Waals surface area (Å²) in [5.41, 5.74) is 4.07. The minimum Gasteiger partial charge on any atom is -0.343 e. The third-order valence-electron chi connectivity index (χ3n) is 3.83. The third-order valence-corrected chi connectivity index (χ3v) is 5.17. The summed E-state index contributed by atoms with van der Waals surface area (Å²) in [5.74, 6) is -0.270. The second kappa shape index (κ2) is 8.63. The van der Waals surface area contributed by atoms with Crippen LogP contribution in [0, 0.1) is 5.82 Å². The largest absolute Gasteiger partial charge is 0.343 e. The maximum absolute atomic E-state index is 14.6. The monoisotopic (exact) mass is 463 g/mol. The Morgan fingerprint density at radius 3 is 2.20 bits per heavy atom. The molecule has 0 atom stereocenters. The predicted molar refractivity (Wildman–Crippen MR) is 113 cm³/mol. The highest BCUT2D eigenvalue weighted by Crippen LogP contribution is 2.42. The van der Waals surface area contributed by atoms with Gasteiger partial charge in [0.2, 0.25) is 0 Å². The molecule has 0 radical (unpaired) electrons. The lowest BCUT2D eigenvalue weighted by Crippen LogP contribution is -2.21. The van der Waals surface area contributed by atoms with E-state index in [1.165, 1.54) is 6.07 Å². The second-order valence-electron chi connectivity index (χ2n) is 5.22. The van der Waals surface area contributed by atoms with Gasteiger partial charge in [-0.25, -0.2) is 4.39 Å². The lowest BCUT2D eigenvalue weighted by atomic mass is 9.95. The minimum atomic E-state index is -0.270. The van der Waals surface area contributed by atoms with Gasteiger partial charge < -0.3 is 4.90 Å². The summed E-state index contributed by atoms with van der Waals surface area (Å²) in [6.07, 6.45) is 1.99. The Bertz CT molecular complexity index is 818. The highest BCUT2D eigenvalue weighted by atomic mass is 79.9. The molecule has 1 aliphatic rings. The van der Waals surface area contributed by atoms with E-state index in [2.05, 4.69) is 38.4 Å². The van der Waals surface area contributed by atoms with Crippen molar-refractivity contribution >= 4 is 43.1 Å². The summed E-state index contributed by atoms with van der Waals surface area (Å²) in [7, 11) is 1.90. The Balaban J connectivity index is 0.00000109. The summed E-state index contributed by atoms with van der Waals surface area (Å²) in [5, 5.41) is 0. The Morgan fingerprint density at radius 2 is 1.60 bits per heavy atom. The van der Waals surface area contributed by atoms with Crippen LogP contribution in [0.3, 0.4) is 0 Å². The number of likely N-dealkylation sites (N-methyl/N-ethyl adjacent to an activating group) is 1. The highest BCUT2D eigenvalue weighted by molar-refractivity contribution is 9.12. The minimum absolute atomic E-state index is 0.270. The van der Waals surface area contributed by atoms with Crippen molar-refractivity contribution in [2.45, 2.75) is 13.8 Å². The molecule has 1 heterocycles. The molecule has 0 saturated carbocycles. The van der Waals surface area contributed by atoms with Crippen LogP contribution in [0.25, 0.3) is 11.3 Å².